The molecule has 1 saturated heterocycles. The highest BCUT2D eigenvalue weighted by Crippen LogP contribution is 2.26. The van der Waals surface area contributed by atoms with Crippen molar-refractivity contribution in [3.05, 3.63) is 16.7 Å². The van der Waals surface area contributed by atoms with Crippen LogP contribution < -0.4 is 5.73 Å². The first kappa shape index (κ1) is 16.6. The number of ether oxygens (including phenoxy) is 1. The molecule has 0 aromatic carbocycles. The Morgan fingerprint density at radius 1 is 1.48 bits per heavy atom. The van der Waals surface area contributed by atoms with Crippen LogP contribution in [-0.4, -0.2) is 55.2 Å². The molecule has 21 heavy (non-hydrogen) atoms. The first-order chi connectivity index (χ1) is 9.95. The van der Waals surface area contributed by atoms with Crippen LogP contribution in [0.3, 0.4) is 0 Å². The van der Waals surface area contributed by atoms with Crippen molar-refractivity contribution < 1.29 is 18.3 Å². The molecule has 0 spiro atoms. The van der Waals surface area contributed by atoms with Gasteiger partial charge in [-0.2, -0.15) is 4.31 Å². The third-order valence-corrected chi connectivity index (χ3v) is 5.67. The molecule has 118 valence electrons. The van der Waals surface area contributed by atoms with Gasteiger partial charge in [-0.25, -0.2) is 13.4 Å². The van der Waals surface area contributed by atoms with E-state index in [1.54, 1.807) is 0 Å². The molecule has 3 N–H and O–H groups in total. The third kappa shape index (κ3) is 3.92. The van der Waals surface area contributed by atoms with Crippen LogP contribution in [0.1, 0.15) is 12.8 Å². The number of anilines is 1. The van der Waals surface area contributed by atoms with E-state index in [2.05, 4.69) is 20.9 Å². The largest absolute Gasteiger partial charge is 0.394 e. The van der Waals surface area contributed by atoms with Crippen LogP contribution >= 0.6 is 15.9 Å². The highest BCUT2D eigenvalue weighted by Gasteiger charge is 2.31. The summed E-state index contributed by atoms with van der Waals surface area (Å²) in [6.07, 6.45) is 2.64. The van der Waals surface area contributed by atoms with Gasteiger partial charge in [0.1, 0.15) is 10.7 Å². The topological polar surface area (TPSA) is 106 Å². The van der Waals surface area contributed by atoms with E-state index < -0.39 is 10.0 Å². The predicted molar refractivity (Wildman–Crippen MR) is 81.2 cm³/mol. The molecule has 1 aliphatic heterocycles. The number of piperidine rings is 1. The van der Waals surface area contributed by atoms with E-state index >= 15 is 0 Å². The highest BCUT2D eigenvalue weighted by molar-refractivity contribution is 9.10. The zero-order valence-electron chi connectivity index (χ0n) is 11.4. The summed E-state index contributed by atoms with van der Waals surface area (Å²) in [5.41, 5.74) is 5.69. The smallest absolute Gasteiger partial charge is 0.246 e. The lowest BCUT2D eigenvalue weighted by Gasteiger charge is -2.31. The molecule has 7 nitrogen and oxygen atoms in total. The summed E-state index contributed by atoms with van der Waals surface area (Å²) in [4.78, 5) is 3.89. The van der Waals surface area contributed by atoms with E-state index in [0.29, 0.717) is 30.4 Å². The molecule has 0 atom stereocenters. The summed E-state index contributed by atoms with van der Waals surface area (Å²) in [6.45, 7) is 0.980. The molecule has 1 aromatic heterocycles. The van der Waals surface area contributed by atoms with Gasteiger partial charge in [0.2, 0.25) is 10.0 Å². The van der Waals surface area contributed by atoms with Crippen LogP contribution in [0.25, 0.3) is 0 Å². The number of aliphatic hydroxyl groups excluding tert-OH is 1. The van der Waals surface area contributed by atoms with Gasteiger partial charge in [0, 0.05) is 23.8 Å². The molecular weight excluding hydrogens is 362 g/mol. The van der Waals surface area contributed by atoms with Gasteiger partial charge in [-0.15, -0.1) is 0 Å². The van der Waals surface area contributed by atoms with Crippen LogP contribution in [0.5, 0.6) is 0 Å². The normalized spacial score (nSPS) is 18.0. The van der Waals surface area contributed by atoms with Crippen molar-refractivity contribution in [2.75, 3.05) is 32.0 Å². The van der Waals surface area contributed by atoms with Crippen LogP contribution in [0.2, 0.25) is 0 Å². The molecule has 1 aromatic rings. The fraction of sp³-hybridized carbons (Fsp3) is 0.583. The van der Waals surface area contributed by atoms with Crippen molar-refractivity contribution in [1.82, 2.24) is 9.29 Å². The fourth-order valence-electron chi connectivity index (χ4n) is 2.24. The molecular formula is C12H18BrN3O4S. The summed E-state index contributed by atoms with van der Waals surface area (Å²) in [5.74, 6) is -0.00291. The Bertz CT molecular complexity index is 588. The summed E-state index contributed by atoms with van der Waals surface area (Å²) in [5, 5.41) is 8.73. The maximum absolute atomic E-state index is 12.6. The number of aromatic nitrogens is 1. The summed E-state index contributed by atoms with van der Waals surface area (Å²) in [6, 6.07) is 1.46. The Balaban J connectivity index is 2.10. The first-order valence-electron chi connectivity index (χ1n) is 6.59. The minimum atomic E-state index is -3.65. The van der Waals surface area contributed by atoms with Crippen LogP contribution in [-0.2, 0) is 14.8 Å². The second-order valence-corrected chi connectivity index (χ2v) is 7.56. The zero-order chi connectivity index (χ0) is 15.5. The van der Waals surface area contributed by atoms with Crippen LogP contribution in [0.15, 0.2) is 21.6 Å². The second-order valence-electron chi connectivity index (χ2n) is 4.73. The summed E-state index contributed by atoms with van der Waals surface area (Å²) >= 11 is 3.21. The Morgan fingerprint density at radius 3 is 2.76 bits per heavy atom. The van der Waals surface area contributed by atoms with Crippen molar-refractivity contribution in [3.63, 3.8) is 0 Å². The van der Waals surface area contributed by atoms with Crippen molar-refractivity contribution in [3.8, 4) is 0 Å². The van der Waals surface area contributed by atoms with E-state index in [-0.39, 0.29) is 30.0 Å². The number of rotatable bonds is 5. The maximum Gasteiger partial charge on any atom is 0.246 e. The van der Waals surface area contributed by atoms with Crippen molar-refractivity contribution in [1.29, 1.82) is 0 Å². The lowest BCUT2D eigenvalue weighted by molar-refractivity contribution is 0.00319. The number of nitrogens with zero attached hydrogens (tertiary/aromatic N) is 2. The molecule has 0 amide bonds. The Labute approximate surface area is 132 Å². The molecule has 1 aliphatic rings. The van der Waals surface area contributed by atoms with Gasteiger partial charge in [0.15, 0.2) is 0 Å². The third-order valence-electron chi connectivity index (χ3n) is 3.31. The fourth-order valence-corrected chi connectivity index (χ4v) is 4.28. The molecule has 2 rings (SSSR count). The van der Waals surface area contributed by atoms with Gasteiger partial charge in [0.25, 0.3) is 0 Å². The van der Waals surface area contributed by atoms with E-state index in [1.807, 2.05) is 0 Å². The number of nitrogens with two attached hydrogens (primary N) is 1. The summed E-state index contributed by atoms with van der Waals surface area (Å²) in [7, 11) is -3.65. The van der Waals surface area contributed by atoms with Gasteiger partial charge >= 0.3 is 0 Å². The monoisotopic (exact) mass is 379 g/mol. The van der Waals surface area contributed by atoms with Crippen molar-refractivity contribution in [2.24, 2.45) is 0 Å². The molecule has 9 heteroatoms. The number of aliphatic hydroxyl groups is 1. The Kier molecular flexibility index (Phi) is 5.55. The van der Waals surface area contributed by atoms with Crippen LogP contribution in [0.4, 0.5) is 5.82 Å². The molecule has 1 fully saturated rings. The SMILES string of the molecule is Nc1ncc(Br)cc1S(=O)(=O)N1CCC(OCCO)CC1. The van der Waals surface area contributed by atoms with Crippen molar-refractivity contribution >= 4 is 31.8 Å². The van der Waals surface area contributed by atoms with E-state index in [4.69, 9.17) is 15.6 Å². The van der Waals surface area contributed by atoms with Gasteiger partial charge in [-0.05, 0) is 34.8 Å². The van der Waals surface area contributed by atoms with Gasteiger partial charge < -0.3 is 15.6 Å². The number of hydrogen-bond acceptors (Lipinski definition) is 6. The number of nitrogen functional groups attached to an aromatic ring is 1. The minimum absolute atomic E-state index is 0.00291. The zero-order valence-corrected chi connectivity index (χ0v) is 13.8. The first-order valence-corrected chi connectivity index (χ1v) is 8.82. The number of sulfonamides is 1. The van der Waals surface area contributed by atoms with Crippen molar-refractivity contribution in [2.45, 2.75) is 23.8 Å². The van der Waals surface area contributed by atoms with Gasteiger partial charge in [0.05, 0.1) is 19.3 Å². The highest BCUT2D eigenvalue weighted by atomic mass is 79.9. The molecule has 0 aliphatic carbocycles. The lowest BCUT2D eigenvalue weighted by Crippen LogP contribution is -2.41. The standard InChI is InChI=1S/C12H18BrN3O4S/c13-9-7-11(12(14)15-8-9)21(18,19)16-3-1-10(2-4-16)20-6-5-17/h7-8,10,17H,1-6H2,(H2,14,15). The van der Waals surface area contributed by atoms with E-state index in [9.17, 15) is 8.42 Å². The quantitative estimate of drug-likeness (QED) is 0.775. The molecule has 0 saturated carbocycles. The molecule has 0 unspecified atom stereocenters. The molecule has 0 bridgehead atoms. The van der Waals surface area contributed by atoms with Gasteiger partial charge in [-0.1, -0.05) is 0 Å². The average Bonchev–Trinajstić information content (AvgIpc) is 2.48. The number of pyridine rings is 1. The van der Waals surface area contributed by atoms with E-state index in [1.165, 1.54) is 16.6 Å². The Hall–Kier alpha value is -0.740. The average molecular weight is 380 g/mol. The van der Waals surface area contributed by atoms with E-state index in [0.717, 1.165) is 0 Å². The Morgan fingerprint density at radius 2 is 2.14 bits per heavy atom. The lowest BCUT2D eigenvalue weighted by atomic mass is 10.1. The maximum atomic E-state index is 12.6. The van der Waals surface area contributed by atoms with Crippen LogP contribution in [0, 0.1) is 0 Å². The minimum Gasteiger partial charge on any atom is -0.394 e. The number of halogens is 1. The summed E-state index contributed by atoms with van der Waals surface area (Å²) < 4.78 is 32.6. The predicted octanol–water partition coefficient (Wildman–Crippen LogP) is 0.588. The molecule has 0 radical (unpaired) electrons. The molecule has 2 heterocycles. The second kappa shape index (κ2) is 7.01. The van der Waals surface area contributed by atoms with Gasteiger partial charge in [-0.3, -0.25) is 0 Å². The number of hydrogen-bond donors (Lipinski definition) is 2.